The van der Waals surface area contributed by atoms with Gasteiger partial charge in [0.1, 0.15) is 0 Å². The van der Waals surface area contributed by atoms with Crippen molar-refractivity contribution < 1.29 is 4.79 Å². The van der Waals surface area contributed by atoms with E-state index < -0.39 is 0 Å². The van der Waals surface area contributed by atoms with Gasteiger partial charge in [0.2, 0.25) is 0 Å². The van der Waals surface area contributed by atoms with Gasteiger partial charge in [-0.25, -0.2) is 0 Å². The van der Waals surface area contributed by atoms with Gasteiger partial charge in [0.25, 0.3) is 0 Å². The highest BCUT2D eigenvalue weighted by atomic mass is 32.2. The molecule has 0 aliphatic heterocycles. The summed E-state index contributed by atoms with van der Waals surface area (Å²) in [5.41, 5.74) is 2.24. The molecule has 1 aliphatic carbocycles. The maximum absolute atomic E-state index is 12.4. The topological polar surface area (TPSA) is 17.1 Å². The summed E-state index contributed by atoms with van der Waals surface area (Å²) in [6, 6.07) is 8.14. The van der Waals surface area contributed by atoms with Gasteiger partial charge in [-0.3, -0.25) is 4.79 Å². The molecule has 0 radical (unpaired) electrons. The fourth-order valence-electron chi connectivity index (χ4n) is 2.51. The first-order chi connectivity index (χ1) is 8.33. The number of hydrogen-bond acceptors (Lipinski definition) is 2. The van der Waals surface area contributed by atoms with E-state index in [0.29, 0.717) is 5.78 Å². The monoisotopic (exact) mass is 248 g/mol. The van der Waals surface area contributed by atoms with Gasteiger partial charge in [0, 0.05) is 11.5 Å². The summed E-state index contributed by atoms with van der Waals surface area (Å²) in [5, 5.41) is 0. The second-order valence-electron chi connectivity index (χ2n) is 4.60. The van der Waals surface area contributed by atoms with Crippen molar-refractivity contribution in [3.63, 3.8) is 0 Å². The normalized spacial score (nSPS) is 19.8. The van der Waals surface area contributed by atoms with Crippen LogP contribution in [0.2, 0.25) is 0 Å². The summed E-state index contributed by atoms with van der Waals surface area (Å²) >= 11 is 1.94. The second kappa shape index (κ2) is 6.25. The molecular weight excluding hydrogens is 228 g/mol. The third kappa shape index (κ3) is 3.12. The van der Waals surface area contributed by atoms with Crippen molar-refractivity contribution in [2.75, 3.05) is 11.5 Å². The van der Waals surface area contributed by atoms with Gasteiger partial charge in [0.15, 0.2) is 5.78 Å². The minimum atomic E-state index is 0.262. The van der Waals surface area contributed by atoms with Crippen LogP contribution in [0.5, 0.6) is 0 Å². The molecular formula is C15H20OS. The van der Waals surface area contributed by atoms with Crippen LogP contribution in [0.25, 0.3) is 0 Å². The van der Waals surface area contributed by atoms with Crippen LogP contribution in [0.1, 0.15) is 42.1 Å². The van der Waals surface area contributed by atoms with Gasteiger partial charge < -0.3 is 0 Å². The fourth-order valence-corrected chi connectivity index (χ4v) is 3.25. The van der Waals surface area contributed by atoms with Crippen molar-refractivity contribution in [1.29, 1.82) is 0 Å². The highest BCUT2D eigenvalue weighted by molar-refractivity contribution is 7.99. The number of carbonyl (C=O) groups is 1. The first kappa shape index (κ1) is 12.7. The lowest BCUT2D eigenvalue weighted by molar-refractivity contribution is 0.0913. The standard InChI is InChI=1S/C15H20OS/c1-2-17-11-10-13-8-5-7-12-6-3-4-9-14(12)15(13)16/h3-4,6,9,13H,2,5,7-8,10-11H2,1H3. The van der Waals surface area contributed by atoms with E-state index in [1.807, 2.05) is 30.0 Å². The van der Waals surface area contributed by atoms with Crippen LogP contribution in [-0.2, 0) is 6.42 Å². The predicted molar refractivity (Wildman–Crippen MR) is 74.8 cm³/mol. The Bertz CT molecular complexity index is 386. The largest absolute Gasteiger partial charge is 0.294 e. The Labute approximate surface area is 108 Å². The third-order valence-corrected chi connectivity index (χ3v) is 4.40. The second-order valence-corrected chi connectivity index (χ2v) is 5.99. The number of thioether (sulfide) groups is 1. The molecule has 1 unspecified atom stereocenters. The quantitative estimate of drug-likeness (QED) is 0.592. The Hall–Kier alpha value is -0.760. The molecule has 0 spiro atoms. The molecule has 17 heavy (non-hydrogen) atoms. The van der Waals surface area contributed by atoms with E-state index >= 15 is 0 Å². The van der Waals surface area contributed by atoms with Crippen LogP contribution >= 0.6 is 11.8 Å². The summed E-state index contributed by atoms with van der Waals surface area (Å²) in [6.07, 6.45) is 4.34. The molecule has 1 aromatic rings. The smallest absolute Gasteiger partial charge is 0.166 e. The van der Waals surface area contributed by atoms with Gasteiger partial charge in [-0.05, 0) is 42.8 Å². The minimum Gasteiger partial charge on any atom is -0.294 e. The number of carbonyl (C=O) groups excluding carboxylic acids is 1. The molecule has 0 bridgehead atoms. The Kier molecular flexibility index (Phi) is 4.66. The molecule has 1 atom stereocenters. The molecule has 0 amide bonds. The summed E-state index contributed by atoms with van der Waals surface area (Å²) in [7, 11) is 0. The van der Waals surface area contributed by atoms with E-state index in [0.717, 1.165) is 42.8 Å². The number of aryl methyl sites for hydroxylation is 1. The van der Waals surface area contributed by atoms with Gasteiger partial charge in [-0.2, -0.15) is 11.8 Å². The molecule has 1 aliphatic rings. The zero-order valence-corrected chi connectivity index (χ0v) is 11.3. The van der Waals surface area contributed by atoms with Crippen LogP contribution in [0.3, 0.4) is 0 Å². The first-order valence-corrected chi connectivity index (χ1v) is 7.68. The van der Waals surface area contributed by atoms with Crippen molar-refractivity contribution in [2.24, 2.45) is 5.92 Å². The molecule has 0 fully saturated rings. The Morgan fingerprint density at radius 1 is 1.35 bits per heavy atom. The first-order valence-electron chi connectivity index (χ1n) is 6.52. The lowest BCUT2D eigenvalue weighted by Gasteiger charge is -2.12. The number of benzene rings is 1. The molecule has 2 heteroatoms. The van der Waals surface area contributed by atoms with Crippen molar-refractivity contribution in [2.45, 2.75) is 32.6 Å². The number of hydrogen-bond donors (Lipinski definition) is 0. The summed E-state index contributed by atoms with van der Waals surface area (Å²) in [5.74, 6) is 2.92. The lowest BCUT2D eigenvalue weighted by Crippen LogP contribution is -2.15. The van der Waals surface area contributed by atoms with Crippen molar-refractivity contribution in [3.05, 3.63) is 35.4 Å². The molecule has 0 aromatic heterocycles. The molecule has 0 heterocycles. The average molecular weight is 248 g/mol. The molecule has 0 N–H and O–H groups in total. The van der Waals surface area contributed by atoms with Crippen LogP contribution < -0.4 is 0 Å². The van der Waals surface area contributed by atoms with E-state index in [9.17, 15) is 4.79 Å². The Balaban J connectivity index is 2.09. The summed E-state index contributed by atoms with van der Waals surface area (Å²) in [6.45, 7) is 2.18. The van der Waals surface area contributed by atoms with Crippen molar-refractivity contribution >= 4 is 17.5 Å². The number of ketones is 1. The highest BCUT2D eigenvalue weighted by Gasteiger charge is 2.24. The summed E-state index contributed by atoms with van der Waals surface area (Å²) < 4.78 is 0. The molecule has 1 aromatic carbocycles. The maximum Gasteiger partial charge on any atom is 0.166 e. The van der Waals surface area contributed by atoms with Crippen molar-refractivity contribution in [1.82, 2.24) is 0 Å². The van der Waals surface area contributed by atoms with Crippen LogP contribution in [0, 0.1) is 5.92 Å². The number of fused-ring (bicyclic) bond motifs is 1. The van der Waals surface area contributed by atoms with Crippen molar-refractivity contribution in [3.8, 4) is 0 Å². The van der Waals surface area contributed by atoms with Crippen LogP contribution in [0.15, 0.2) is 24.3 Å². The van der Waals surface area contributed by atoms with Gasteiger partial charge in [-0.1, -0.05) is 31.2 Å². The third-order valence-electron chi connectivity index (χ3n) is 3.47. The van der Waals surface area contributed by atoms with E-state index in [-0.39, 0.29) is 5.92 Å². The summed E-state index contributed by atoms with van der Waals surface area (Å²) in [4.78, 5) is 12.4. The van der Waals surface area contributed by atoms with Crippen LogP contribution in [-0.4, -0.2) is 17.3 Å². The molecule has 0 saturated carbocycles. The maximum atomic E-state index is 12.4. The molecule has 0 saturated heterocycles. The van der Waals surface area contributed by atoms with Crippen LogP contribution in [0.4, 0.5) is 0 Å². The van der Waals surface area contributed by atoms with E-state index in [4.69, 9.17) is 0 Å². The fraction of sp³-hybridized carbons (Fsp3) is 0.533. The van der Waals surface area contributed by atoms with Gasteiger partial charge in [0.05, 0.1) is 0 Å². The number of rotatable bonds is 4. The molecule has 92 valence electrons. The zero-order chi connectivity index (χ0) is 12.1. The molecule has 2 rings (SSSR count). The predicted octanol–water partition coefficient (Wildman–Crippen LogP) is 3.97. The lowest BCUT2D eigenvalue weighted by atomic mass is 9.93. The van der Waals surface area contributed by atoms with Gasteiger partial charge >= 0.3 is 0 Å². The molecule has 1 nitrogen and oxygen atoms in total. The average Bonchev–Trinajstić information content (AvgIpc) is 2.51. The highest BCUT2D eigenvalue weighted by Crippen LogP contribution is 2.27. The SMILES string of the molecule is CCSCCC1CCCc2ccccc2C1=O. The number of Topliss-reactive ketones (excluding diaryl/α,β-unsaturated/α-hetero) is 1. The Morgan fingerprint density at radius 3 is 3.00 bits per heavy atom. The zero-order valence-electron chi connectivity index (χ0n) is 10.4. The van der Waals surface area contributed by atoms with Gasteiger partial charge in [-0.15, -0.1) is 0 Å². The van der Waals surface area contributed by atoms with E-state index in [1.54, 1.807) is 0 Å². The minimum absolute atomic E-state index is 0.262. The Morgan fingerprint density at radius 2 is 2.18 bits per heavy atom. The van der Waals surface area contributed by atoms with E-state index in [2.05, 4.69) is 13.0 Å². The van der Waals surface area contributed by atoms with E-state index in [1.165, 1.54) is 5.56 Å².